The molecule has 72 valence electrons. The summed E-state index contributed by atoms with van der Waals surface area (Å²) in [6, 6.07) is 7.19. The predicted octanol–water partition coefficient (Wildman–Crippen LogP) is 3.14. The van der Waals surface area contributed by atoms with Crippen molar-refractivity contribution in [3.63, 3.8) is 0 Å². The number of hydrogen-bond donors (Lipinski definition) is 0. The lowest BCUT2D eigenvalue weighted by molar-refractivity contribution is -0.402. The van der Waals surface area contributed by atoms with Crippen molar-refractivity contribution >= 4 is 17.7 Å². The lowest BCUT2D eigenvalue weighted by atomic mass is 10.2. The number of halogens is 1. The van der Waals surface area contributed by atoms with Crippen LogP contribution in [0, 0.1) is 10.1 Å². The minimum Gasteiger partial charge on any atom is -0.259 e. The Morgan fingerprint density at radius 1 is 1.21 bits per heavy atom. The average molecular weight is 210 g/mol. The normalized spacial score (nSPS) is 11.2. The topological polar surface area (TPSA) is 43.1 Å². The Labute approximate surface area is 86.5 Å². The second-order valence-electron chi connectivity index (χ2n) is 2.54. The second-order valence-corrected chi connectivity index (χ2v) is 2.97. The first kappa shape index (κ1) is 10.5. The Hall–Kier alpha value is -1.61. The van der Waals surface area contributed by atoms with Crippen molar-refractivity contribution in [1.82, 2.24) is 0 Å². The molecule has 0 amide bonds. The SMILES string of the molecule is O=[N+]([O-])/C=C/C=C/c1ccc(Cl)cc1. The molecule has 1 rings (SSSR count). The highest BCUT2D eigenvalue weighted by Crippen LogP contribution is 2.10. The molecule has 0 saturated carbocycles. The zero-order valence-corrected chi connectivity index (χ0v) is 8.02. The molecule has 1 aromatic carbocycles. The third-order valence-corrected chi connectivity index (χ3v) is 1.73. The van der Waals surface area contributed by atoms with Crippen molar-refractivity contribution in [1.29, 1.82) is 0 Å². The van der Waals surface area contributed by atoms with Crippen LogP contribution >= 0.6 is 11.6 Å². The van der Waals surface area contributed by atoms with Gasteiger partial charge in [-0.2, -0.15) is 0 Å². The van der Waals surface area contributed by atoms with E-state index in [4.69, 9.17) is 11.6 Å². The summed E-state index contributed by atoms with van der Waals surface area (Å²) < 4.78 is 0. The van der Waals surface area contributed by atoms with Crippen LogP contribution in [0.5, 0.6) is 0 Å². The largest absolute Gasteiger partial charge is 0.259 e. The van der Waals surface area contributed by atoms with E-state index in [1.54, 1.807) is 24.3 Å². The van der Waals surface area contributed by atoms with Gasteiger partial charge in [0.25, 0.3) is 0 Å². The molecule has 0 bridgehead atoms. The molecule has 0 spiro atoms. The second kappa shape index (κ2) is 5.19. The van der Waals surface area contributed by atoms with Crippen LogP contribution in [0.2, 0.25) is 5.02 Å². The molecule has 4 heteroatoms. The quantitative estimate of drug-likeness (QED) is 0.436. The van der Waals surface area contributed by atoms with Gasteiger partial charge in [0.15, 0.2) is 0 Å². The van der Waals surface area contributed by atoms with Crippen molar-refractivity contribution < 1.29 is 4.92 Å². The molecule has 0 fully saturated rings. The Kier molecular flexibility index (Phi) is 3.88. The summed E-state index contributed by atoms with van der Waals surface area (Å²) in [6.45, 7) is 0. The van der Waals surface area contributed by atoms with Crippen LogP contribution in [0.15, 0.2) is 42.6 Å². The van der Waals surface area contributed by atoms with Crippen molar-refractivity contribution in [2.45, 2.75) is 0 Å². The summed E-state index contributed by atoms with van der Waals surface area (Å²) in [6.07, 6.45) is 5.61. The van der Waals surface area contributed by atoms with Gasteiger partial charge >= 0.3 is 0 Å². The standard InChI is InChI=1S/C10H8ClNO2/c11-10-6-4-9(5-7-10)3-1-2-8-12(13)14/h1-8H/b3-1+,8-2+. The van der Waals surface area contributed by atoms with Crippen LogP contribution in [0.25, 0.3) is 6.08 Å². The fourth-order valence-corrected chi connectivity index (χ4v) is 0.987. The number of benzene rings is 1. The first-order valence-electron chi connectivity index (χ1n) is 3.92. The molecular formula is C10H8ClNO2. The van der Waals surface area contributed by atoms with E-state index in [-0.39, 0.29) is 0 Å². The van der Waals surface area contributed by atoms with Crippen molar-refractivity contribution in [3.8, 4) is 0 Å². The number of allylic oxidation sites excluding steroid dienone is 2. The molecule has 0 heterocycles. The van der Waals surface area contributed by atoms with Crippen LogP contribution in [0.3, 0.4) is 0 Å². The van der Waals surface area contributed by atoms with Gasteiger partial charge in [0.1, 0.15) is 0 Å². The summed E-state index contributed by atoms with van der Waals surface area (Å²) in [4.78, 5) is 9.41. The molecule has 0 N–H and O–H groups in total. The summed E-state index contributed by atoms with van der Waals surface area (Å²) in [7, 11) is 0. The van der Waals surface area contributed by atoms with E-state index in [0.717, 1.165) is 11.8 Å². The van der Waals surface area contributed by atoms with E-state index in [2.05, 4.69) is 0 Å². The molecule has 3 nitrogen and oxygen atoms in total. The molecule has 1 aromatic rings. The zero-order valence-electron chi connectivity index (χ0n) is 7.26. The van der Waals surface area contributed by atoms with Crippen LogP contribution in [-0.4, -0.2) is 4.92 Å². The van der Waals surface area contributed by atoms with Gasteiger partial charge in [0.05, 0.1) is 4.92 Å². The Balaban J connectivity index is 2.60. The van der Waals surface area contributed by atoms with Crippen molar-refractivity contribution in [2.24, 2.45) is 0 Å². The van der Waals surface area contributed by atoms with Gasteiger partial charge in [-0.3, -0.25) is 10.1 Å². The van der Waals surface area contributed by atoms with E-state index in [0.29, 0.717) is 5.02 Å². The zero-order chi connectivity index (χ0) is 10.4. The van der Waals surface area contributed by atoms with Gasteiger partial charge in [0.2, 0.25) is 6.20 Å². The van der Waals surface area contributed by atoms with Gasteiger partial charge < -0.3 is 0 Å². The maximum Gasteiger partial charge on any atom is 0.234 e. The molecule has 0 aliphatic heterocycles. The molecular weight excluding hydrogens is 202 g/mol. The average Bonchev–Trinajstić information content (AvgIpc) is 2.15. The monoisotopic (exact) mass is 209 g/mol. The summed E-state index contributed by atoms with van der Waals surface area (Å²) in [5, 5.41) is 10.6. The van der Waals surface area contributed by atoms with E-state index in [9.17, 15) is 10.1 Å². The van der Waals surface area contributed by atoms with Gasteiger partial charge in [0, 0.05) is 11.1 Å². The highest BCUT2D eigenvalue weighted by molar-refractivity contribution is 6.30. The van der Waals surface area contributed by atoms with Crippen LogP contribution in [0.1, 0.15) is 5.56 Å². The van der Waals surface area contributed by atoms with E-state index >= 15 is 0 Å². The van der Waals surface area contributed by atoms with Crippen molar-refractivity contribution in [2.75, 3.05) is 0 Å². The highest BCUT2D eigenvalue weighted by Gasteiger charge is 1.86. The van der Waals surface area contributed by atoms with Gasteiger partial charge in [-0.15, -0.1) is 0 Å². The molecule has 0 aromatic heterocycles. The van der Waals surface area contributed by atoms with Crippen LogP contribution in [0.4, 0.5) is 0 Å². The fourth-order valence-electron chi connectivity index (χ4n) is 0.861. The van der Waals surface area contributed by atoms with E-state index in [1.165, 1.54) is 6.08 Å². The predicted molar refractivity (Wildman–Crippen MR) is 56.6 cm³/mol. The molecule has 0 radical (unpaired) electrons. The highest BCUT2D eigenvalue weighted by atomic mass is 35.5. The van der Waals surface area contributed by atoms with Gasteiger partial charge in [-0.05, 0) is 17.7 Å². The molecule has 14 heavy (non-hydrogen) atoms. The molecule has 0 unspecified atom stereocenters. The lowest BCUT2D eigenvalue weighted by Crippen LogP contribution is -1.80. The Morgan fingerprint density at radius 2 is 1.86 bits per heavy atom. The lowest BCUT2D eigenvalue weighted by Gasteiger charge is -1.91. The maximum absolute atomic E-state index is 9.92. The maximum atomic E-state index is 9.92. The van der Waals surface area contributed by atoms with Crippen molar-refractivity contribution in [3.05, 3.63) is 63.3 Å². The van der Waals surface area contributed by atoms with Crippen LogP contribution in [-0.2, 0) is 0 Å². The molecule has 0 atom stereocenters. The third kappa shape index (κ3) is 3.87. The van der Waals surface area contributed by atoms with Crippen LogP contribution < -0.4 is 0 Å². The third-order valence-electron chi connectivity index (χ3n) is 1.48. The number of rotatable bonds is 3. The van der Waals surface area contributed by atoms with Gasteiger partial charge in [-0.25, -0.2) is 0 Å². The number of nitrogens with zero attached hydrogens (tertiary/aromatic N) is 1. The van der Waals surface area contributed by atoms with Gasteiger partial charge in [-0.1, -0.05) is 35.9 Å². The number of hydrogen-bond acceptors (Lipinski definition) is 2. The molecule has 0 aliphatic carbocycles. The number of nitro groups is 1. The van der Waals surface area contributed by atoms with E-state index in [1.807, 2.05) is 12.1 Å². The Bertz CT molecular complexity index is 368. The smallest absolute Gasteiger partial charge is 0.234 e. The Morgan fingerprint density at radius 3 is 2.43 bits per heavy atom. The molecule has 0 aliphatic rings. The minimum absolute atomic E-state index is 0.508. The summed E-state index contributed by atoms with van der Waals surface area (Å²) in [5.74, 6) is 0. The minimum atomic E-state index is -0.508. The molecule has 0 saturated heterocycles. The first-order valence-corrected chi connectivity index (χ1v) is 4.30. The summed E-state index contributed by atoms with van der Waals surface area (Å²) >= 11 is 5.69. The fraction of sp³-hybridized carbons (Fsp3) is 0. The van der Waals surface area contributed by atoms with E-state index < -0.39 is 4.92 Å². The summed E-state index contributed by atoms with van der Waals surface area (Å²) in [5.41, 5.74) is 0.947. The first-order chi connectivity index (χ1) is 6.68.